The Balaban J connectivity index is 2.73. The molecular weight excluding hydrogens is 386 g/mol. The Morgan fingerprint density at radius 1 is 1.22 bits per heavy atom. The molecule has 0 unspecified atom stereocenters. The average Bonchev–Trinajstić information content (AvgIpc) is 2.90. The predicted octanol–water partition coefficient (Wildman–Crippen LogP) is 2.48. The Labute approximate surface area is 150 Å². The van der Waals surface area contributed by atoms with Crippen LogP contribution in [0.2, 0.25) is 0 Å². The molecule has 1 aromatic heterocycles. The van der Waals surface area contributed by atoms with Gasteiger partial charge in [0.2, 0.25) is 0 Å². The number of aryl methyl sites for hydroxylation is 1. The fourth-order valence-electron chi connectivity index (χ4n) is 1.96. The van der Waals surface area contributed by atoms with Crippen molar-refractivity contribution in [1.29, 1.82) is 0 Å². The van der Waals surface area contributed by atoms with Gasteiger partial charge >= 0.3 is 18.4 Å². The first-order valence-corrected chi connectivity index (χ1v) is 7.59. The number of amides is 2. The van der Waals surface area contributed by atoms with Gasteiger partial charge in [0, 0.05) is 19.8 Å². The molecule has 7 nitrogen and oxygen atoms in total. The topological polar surface area (TPSA) is 85.3 Å². The summed E-state index contributed by atoms with van der Waals surface area (Å²) in [5.41, 5.74) is -2.09. The number of hydrogen-bond donors (Lipinski definition) is 2. The van der Waals surface area contributed by atoms with Crippen molar-refractivity contribution in [2.45, 2.75) is 32.2 Å². The van der Waals surface area contributed by atoms with E-state index in [2.05, 4.69) is 20.5 Å². The lowest BCUT2D eigenvalue weighted by Crippen LogP contribution is -2.47. The fraction of sp³-hybridized carbons (Fsp3) is 0.643. The number of halogens is 6. The Hall–Kier alpha value is -2.47. The molecule has 13 heteroatoms. The first-order chi connectivity index (χ1) is 12.2. The van der Waals surface area contributed by atoms with Gasteiger partial charge in [-0.25, -0.2) is 4.79 Å². The summed E-state index contributed by atoms with van der Waals surface area (Å²) in [5, 5.41) is 7.52. The summed E-state index contributed by atoms with van der Waals surface area (Å²) in [5.74, 6) is -1.45. The molecule has 0 saturated carbocycles. The molecule has 0 aliphatic rings. The van der Waals surface area contributed by atoms with Crippen molar-refractivity contribution >= 4 is 12.0 Å². The zero-order valence-electron chi connectivity index (χ0n) is 14.5. The molecule has 0 saturated heterocycles. The number of ether oxygens (including phenoxy) is 1. The maximum atomic E-state index is 12.9. The van der Waals surface area contributed by atoms with E-state index in [1.54, 1.807) is 13.8 Å². The largest absolute Gasteiger partial charge is 0.440 e. The first kappa shape index (κ1) is 22.6. The zero-order chi connectivity index (χ0) is 21.0. The minimum Gasteiger partial charge on any atom is -0.440 e. The standard InChI is InChI=1S/C14H18F6N4O3/c1-7(2)9(22-12(26)27-6-13(15,16)17)4-21-11(25)8-5-24(3)23-10(8)14(18,19)20/h5,7,9H,4,6H2,1-3H3,(H,21,25)(H,22,26)/t9-/m1/s1. The average molecular weight is 404 g/mol. The molecule has 1 atom stereocenters. The highest BCUT2D eigenvalue weighted by atomic mass is 19.4. The van der Waals surface area contributed by atoms with Gasteiger partial charge in [-0.1, -0.05) is 13.8 Å². The Kier molecular flexibility index (Phi) is 7.09. The number of nitrogens with one attached hydrogen (secondary N) is 2. The highest BCUT2D eigenvalue weighted by molar-refractivity contribution is 5.95. The summed E-state index contributed by atoms with van der Waals surface area (Å²) < 4.78 is 79.5. The smallest absolute Gasteiger partial charge is 0.435 e. The summed E-state index contributed by atoms with van der Waals surface area (Å²) in [6.45, 7) is 1.06. The molecular formula is C14H18F6N4O3. The fourth-order valence-corrected chi connectivity index (χ4v) is 1.96. The third-order valence-corrected chi connectivity index (χ3v) is 3.30. The molecule has 0 bridgehead atoms. The van der Waals surface area contributed by atoms with Crippen LogP contribution in [0, 0.1) is 5.92 Å². The Morgan fingerprint density at radius 2 is 1.81 bits per heavy atom. The third kappa shape index (κ3) is 7.35. The number of alkyl carbamates (subject to hydrolysis) is 1. The summed E-state index contributed by atoms with van der Waals surface area (Å²) in [4.78, 5) is 23.4. The van der Waals surface area contributed by atoms with Crippen LogP contribution in [0.4, 0.5) is 31.1 Å². The van der Waals surface area contributed by atoms with E-state index in [4.69, 9.17) is 0 Å². The lowest BCUT2D eigenvalue weighted by atomic mass is 10.0. The van der Waals surface area contributed by atoms with Crippen LogP contribution in [-0.2, 0) is 18.0 Å². The number of rotatable bonds is 6. The van der Waals surface area contributed by atoms with Crippen molar-refractivity contribution in [3.8, 4) is 0 Å². The molecule has 1 aromatic rings. The van der Waals surface area contributed by atoms with E-state index in [-0.39, 0.29) is 12.5 Å². The highest BCUT2D eigenvalue weighted by Gasteiger charge is 2.39. The van der Waals surface area contributed by atoms with Crippen molar-refractivity contribution in [1.82, 2.24) is 20.4 Å². The van der Waals surface area contributed by atoms with Crippen molar-refractivity contribution in [3.05, 3.63) is 17.5 Å². The minimum atomic E-state index is -4.84. The molecule has 1 rings (SSSR count). The normalized spacial score (nSPS) is 13.4. The van der Waals surface area contributed by atoms with Crippen LogP contribution in [0.25, 0.3) is 0 Å². The number of carbonyl (C=O) groups is 2. The van der Waals surface area contributed by atoms with E-state index in [0.29, 0.717) is 0 Å². The van der Waals surface area contributed by atoms with Gasteiger partial charge in [0.1, 0.15) is 0 Å². The monoisotopic (exact) mass is 404 g/mol. The molecule has 2 amide bonds. The SMILES string of the molecule is CC(C)[C@@H](CNC(=O)c1cn(C)nc1C(F)(F)F)NC(=O)OCC(F)(F)F. The van der Waals surface area contributed by atoms with Crippen molar-refractivity contribution in [3.63, 3.8) is 0 Å². The molecule has 0 aliphatic carbocycles. The van der Waals surface area contributed by atoms with Crippen LogP contribution in [-0.4, -0.2) is 47.2 Å². The van der Waals surface area contributed by atoms with Crippen LogP contribution in [0.15, 0.2) is 6.20 Å². The minimum absolute atomic E-state index is 0.330. The van der Waals surface area contributed by atoms with Gasteiger partial charge in [0.15, 0.2) is 12.3 Å². The third-order valence-electron chi connectivity index (χ3n) is 3.30. The first-order valence-electron chi connectivity index (χ1n) is 7.59. The summed E-state index contributed by atoms with van der Waals surface area (Å²) in [6.07, 6.45) is -10.0. The van der Waals surface area contributed by atoms with Crippen molar-refractivity contribution in [2.24, 2.45) is 13.0 Å². The molecule has 0 spiro atoms. The summed E-state index contributed by atoms with van der Waals surface area (Å²) in [6, 6.07) is -0.874. The second-order valence-corrected chi connectivity index (χ2v) is 5.96. The van der Waals surface area contributed by atoms with Crippen LogP contribution < -0.4 is 10.6 Å². The van der Waals surface area contributed by atoms with Crippen molar-refractivity contribution in [2.75, 3.05) is 13.2 Å². The van der Waals surface area contributed by atoms with Crippen LogP contribution in [0.3, 0.4) is 0 Å². The van der Waals surface area contributed by atoms with Gasteiger partial charge in [-0.2, -0.15) is 31.4 Å². The molecule has 0 aliphatic heterocycles. The van der Waals surface area contributed by atoms with Gasteiger partial charge in [-0.3, -0.25) is 9.48 Å². The number of carbonyl (C=O) groups excluding carboxylic acids is 2. The maximum Gasteiger partial charge on any atom is 0.435 e. The predicted molar refractivity (Wildman–Crippen MR) is 79.7 cm³/mol. The van der Waals surface area contributed by atoms with E-state index >= 15 is 0 Å². The molecule has 1 heterocycles. The molecule has 2 N–H and O–H groups in total. The molecule has 0 aromatic carbocycles. The second-order valence-electron chi connectivity index (χ2n) is 5.96. The number of nitrogens with zero attached hydrogens (tertiary/aromatic N) is 2. The Morgan fingerprint density at radius 3 is 2.30 bits per heavy atom. The summed E-state index contributed by atoms with van der Waals surface area (Å²) in [7, 11) is 1.21. The van der Waals surface area contributed by atoms with E-state index in [9.17, 15) is 35.9 Å². The maximum absolute atomic E-state index is 12.9. The van der Waals surface area contributed by atoms with Gasteiger partial charge in [0.25, 0.3) is 5.91 Å². The number of alkyl halides is 6. The molecule has 27 heavy (non-hydrogen) atoms. The zero-order valence-corrected chi connectivity index (χ0v) is 14.5. The second kappa shape index (κ2) is 8.48. The molecule has 0 fully saturated rings. The molecule has 0 radical (unpaired) electrons. The van der Waals surface area contributed by atoms with Gasteiger partial charge in [0.05, 0.1) is 11.6 Å². The van der Waals surface area contributed by atoms with Gasteiger partial charge in [-0.05, 0) is 5.92 Å². The quantitative estimate of drug-likeness (QED) is 0.714. The Bertz CT molecular complexity index is 669. The highest BCUT2D eigenvalue weighted by Crippen LogP contribution is 2.30. The molecule has 154 valence electrons. The van der Waals surface area contributed by atoms with Crippen LogP contribution in [0.5, 0.6) is 0 Å². The lowest BCUT2D eigenvalue weighted by molar-refractivity contribution is -0.160. The van der Waals surface area contributed by atoms with E-state index in [1.807, 2.05) is 0 Å². The van der Waals surface area contributed by atoms with E-state index in [0.717, 1.165) is 10.9 Å². The summed E-state index contributed by atoms with van der Waals surface area (Å²) >= 11 is 0. The van der Waals surface area contributed by atoms with Crippen molar-refractivity contribution < 1.29 is 40.7 Å². The van der Waals surface area contributed by atoms with E-state index in [1.165, 1.54) is 7.05 Å². The van der Waals surface area contributed by atoms with Gasteiger partial charge < -0.3 is 15.4 Å². The van der Waals surface area contributed by atoms with Gasteiger partial charge in [-0.15, -0.1) is 0 Å². The number of hydrogen-bond acceptors (Lipinski definition) is 4. The lowest BCUT2D eigenvalue weighted by Gasteiger charge is -2.22. The van der Waals surface area contributed by atoms with Crippen LogP contribution >= 0.6 is 0 Å². The van der Waals surface area contributed by atoms with Crippen LogP contribution in [0.1, 0.15) is 29.9 Å². The number of aromatic nitrogens is 2. The van der Waals surface area contributed by atoms with E-state index < -0.39 is 48.3 Å².